The Bertz CT molecular complexity index is 1310. The Morgan fingerprint density at radius 1 is 0.968 bits per heavy atom. The fourth-order valence-electron chi connectivity index (χ4n) is 3.34. The monoisotopic (exact) mass is 437 g/mol. The Balaban J connectivity index is 1.67. The number of aromatic nitrogens is 1. The second-order valence-corrected chi connectivity index (χ2v) is 9.10. The van der Waals surface area contributed by atoms with Gasteiger partial charge in [0.25, 0.3) is 0 Å². The van der Waals surface area contributed by atoms with Gasteiger partial charge in [0.15, 0.2) is 33.1 Å². The van der Waals surface area contributed by atoms with Crippen molar-refractivity contribution in [2.75, 3.05) is 13.4 Å². The maximum atomic E-state index is 15.3. The van der Waals surface area contributed by atoms with Crippen LogP contribution in [0.3, 0.4) is 0 Å². The molecule has 5 nitrogen and oxygen atoms in total. The number of nitrogens with zero attached hydrogens (tertiary/aromatic N) is 1. The van der Waals surface area contributed by atoms with Crippen LogP contribution in [0.2, 0.25) is 0 Å². The van der Waals surface area contributed by atoms with Crippen molar-refractivity contribution in [2.24, 2.45) is 0 Å². The average molecular weight is 437 g/mol. The Hall–Kier alpha value is -3.45. The topological polar surface area (TPSA) is 69.4 Å². The van der Waals surface area contributed by atoms with Crippen molar-refractivity contribution in [1.29, 1.82) is 0 Å². The zero-order valence-electron chi connectivity index (χ0n) is 17.0. The second kappa shape index (κ2) is 8.35. The molecule has 0 amide bonds. The molecule has 7 heteroatoms. The lowest BCUT2D eigenvalue weighted by atomic mass is 10.0. The van der Waals surface area contributed by atoms with Gasteiger partial charge in [0, 0.05) is 18.2 Å². The van der Waals surface area contributed by atoms with Crippen LogP contribution >= 0.6 is 0 Å². The summed E-state index contributed by atoms with van der Waals surface area (Å²) in [7, 11) is -1.94. The van der Waals surface area contributed by atoms with E-state index in [1.165, 1.54) is 19.2 Å². The maximum Gasteiger partial charge on any atom is 0.199 e. The third kappa shape index (κ3) is 4.36. The highest BCUT2D eigenvalue weighted by Gasteiger charge is 2.20. The van der Waals surface area contributed by atoms with Crippen molar-refractivity contribution >= 4 is 9.84 Å². The van der Waals surface area contributed by atoms with Crippen LogP contribution < -0.4 is 4.74 Å². The first kappa shape index (κ1) is 20.8. The summed E-state index contributed by atoms with van der Waals surface area (Å²) in [5.41, 5.74) is 2.34. The van der Waals surface area contributed by atoms with Crippen LogP contribution in [-0.4, -0.2) is 26.8 Å². The highest BCUT2D eigenvalue weighted by molar-refractivity contribution is 7.90. The van der Waals surface area contributed by atoms with Crippen molar-refractivity contribution in [3.63, 3.8) is 0 Å². The van der Waals surface area contributed by atoms with Gasteiger partial charge in [-0.25, -0.2) is 17.8 Å². The predicted octanol–water partition coefficient (Wildman–Crippen LogP) is 5.15. The molecule has 158 valence electrons. The van der Waals surface area contributed by atoms with Gasteiger partial charge < -0.3 is 9.15 Å². The molecule has 4 rings (SSSR count). The van der Waals surface area contributed by atoms with E-state index < -0.39 is 15.7 Å². The van der Waals surface area contributed by atoms with Gasteiger partial charge >= 0.3 is 0 Å². The molecule has 0 aliphatic heterocycles. The molecule has 4 aromatic rings. The standard InChI is InChI=1S/C24H20FNO4S/c1-29-24-20(21-15-26-22(30-21)14-16-6-4-3-5-7-16)13-12-19(23(24)25)17-8-10-18(11-9-17)31(2,27)28/h3-13,15H,14H2,1-2H3. The largest absolute Gasteiger partial charge is 0.493 e. The zero-order chi connectivity index (χ0) is 22.0. The van der Waals surface area contributed by atoms with Crippen LogP contribution in [0.25, 0.3) is 22.5 Å². The van der Waals surface area contributed by atoms with Crippen LogP contribution in [0.15, 0.2) is 82.2 Å². The summed E-state index contributed by atoms with van der Waals surface area (Å²) >= 11 is 0. The number of benzene rings is 3. The van der Waals surface area contributed by atoms with Gasteiger partial charge in [-0.1, -0.05) is 48.5 Å². The first-order valence-corrected chi connectivity index (χ1v) is 11.4. The molecule has 0 aliphatic rings. The molecule has 0 saturated heterocycles. The number of sulfone groups is 1. The van der Waals surface area contributed by atoms with Crippen LogP contribution in [-0.2, 0) is 16.3 Å². The van der Waals surface area contributed by atoms with Gasteiger partial charge in [-0.05, 0) is 29.3 Å². The summed E-state index contributed by atoms with van der Waals surface area (Å²) in [5, 5.41) is 0. The molecular weight excluding hydrogens is 417 g/mol. The van der Waals surface area contributed by atoms with E-state index in [4.69, 9.17) is 9.15 Å². The molecule has 0 bridgehead atoms. The van der Waals surface area contributed by atoms with E-state index in [0.717, 1.165) is 11.8 Å². The van der Waals surface area contributed by atoms with E-state index in [0.29, 0.717) is 34.8 Å². The fraction of sp³-hybridized carbons (Fsp3) is 0.125. The summed E-state index contributed by atoms with van der Waals surface area (Å²) in [6.07, 6.45) is 3.20. The predicted molar refractivity (Wildman–Crippen MR) is 116 cm³/mol. The molecule has 0 aliphatic carbocycles. The fourth-order valence-corrected chi connectivity index (χ4v) is 3.97. The number of oxazole rings is 1. The van der Waals surface area contributed by atoms with Gasteiger partial charge in [-0.3, -0.25) is 0 Å². The number of halogens is 1. The molecule has 0 unspecified atom stereocenters. The van der Waals surface area contributed by atoms with Gasteiger partial charge in [-0.15, -0.1) is 0 Å². The molecule has 0 spiro atoms. The molecule has 0 N–H and O–H groups in total. The Kier molecular flexibility index (Phi) is 5.61. The van der Waals surface area contributed by atoms with Crippen molar-refractivity contribution in [3.05, 3.63) is 90.2 Å². The Labute approximate surface area is 180 Å². The molecule has 1 aromatic heterocycles. The Morgan fingerprint density at radius 2 is 1.65 bits per heavy atom. The van der Waals surface area contributed by atoms with E-state index in [1.807, 2.05) is 30.3 Å². The molecule has 0 saturated carbocycles. The summed E-state index contributed by atoms with van der Waals surface area (Å²) in [4.78, 5) is 4.48. The summed E-state index contributed by atoms with van der Waals surface area (Å²) in [6, 6.07) is 19.2. The molecular formula is C24H20FNO4S. The van der Waals surface area contributed by atoms with Gasteiger partial charge in [0.1, 0.15) is 0 Å². The third-order valence-corrected chi connectivity index (χ3v) is 6.04. The summed E-state index contributed by atoms with van der Waals surface area (Å²) in [5.74, 6) is 0.393. The first-order chi connectivity index (χ1) is 14.9. The van der Waals surface area contributed by atoms with E-state index >= 15 is 4.39 Å². The lowest BCUT2D eigenvalue weighted by Crippen LogP contribution is -1.97. The number of hydrogen-bond donors (Lipinski definition) is 0. The molecule has 0 fully saturated rings. The average Bonchev–Trinajstić information content (AvgIpc) is 3.22. The van der Waals surface area contributed by atoms with Crippen LogP contribution in [0.1, 0.15) is 11.5 Å². The number of hydrogen-bond acceptors (Lipinski definition) is 5. The van der Waals surface area contributed by atoms with E-state index in [9.17, 15) is 8.42 Å². The lowest BCUT2D eigenvalue weighted by Gasteiger charge is -2.12. The van der Waals surface area contributed by atoms with Crippen LogP contribution in [0.4, 0.5) is 4.39 Å². The van der Waals surface area contributed by atoms with E-state index in [1.54, 1.807) is 30.5 Å². The van der Waals surface area contributed by atoms with Crippen LogP contribution in [0, 0.1) is 5.82 Å². The van der Waals surface area contributed by atoms with Gasteiger partial charge in [-0.2, -0.15) is 0 Å². The highest BCUT2D eigenvalue weighted by atomic mass is 32.2. The number of ether oxygens (including phenoxy) is 1. The molecule has 0 radical (unpaired) electrons. The minimum Gasteiger partial charge on any atom is -0.493 e. The third-order valence-electron chi connectivity index (χ3n) is 4.91. The van der Waals surface area contributed by atoms with E-state index in [2.05, 4.69) is 4.98 Å². The quantitative estimate of drug-likeness (QED) is 0.417. The van der Waals surface area contributed by atoms with Crippen molar-refractivity contribution in [2.45, 2.75) is 11.3 Å². The zero-order valence-corrected chi connectivity index (χ0v) is 17.8. The molecule has 1 heterocycles. The number of methoxy groups -OCH3 is 1. The normalized spacial score (nSPS) is 11.5. The highest BCUT2D eigenvalue weighted by Crippen LogP contribution is 2.38. The molecule has 0 atom stereocenters. The maximum absolute atomic E-state index is 15.3. The van der Waals surface area contributed by atoms with Gasteiger partial charge in [0.05, 0.1) is 23.8 Å². The van der Waals surface area contributed by atoms with Crippen molar-refractivity contribution in [1.82, 2.24) is 4.98 Å². The van der Waals surface area contributed by atoms with Crippen molar-refractivity contribution < 1.29 is 22.0 Å². The Morgan fingerprint density at radius 3 is 2.29 bits per heavy atom. The van der Waals surface area contributed by atoms with Gasteiger partial charge in [0.2, 0.25) is 0 Å². The second-order valence-electron chi connectivity index (χ2n) is 7.09. The smallest absolute Gasteiger partial charge is 0.199 e. The van der Waals surface area contributed by atoms with E-state index in [-0.39, 0.29) is 10.6 Å². The molecule has 31 heavy (non-hydrogen) atoms. The number of rotatable bonds is 6. The summed E-state index contributed by atoms with van der Waals surface area (Å²) in [6.45, 7) is 0. The minimum atomic E-state index is -3.33. The SMILES string of the molecule is COc1c(-c2cnc(Cc3ccccc3)o2)ccc(-c2ccc(S(C)(=O)=O)cc2)c1F. The minimum absolute atomic E-state index is 0.0344. The summed E-state index contributed by atoms with van der Waals surface area (Å²) < 4.78 is 49.8. The first-order valence-electron chi connectivity index (χ1n) is 9.53. The lowest BCUT2D eigenvalue weighted by molar-refractivity contribution is 0.387. The van der Waals surface area contributed by atoms with Crippen molar-refractivity contribution in [3.8, 4) is 28.2 Å². The van der Waals surface area contributed by atoms with Crippen LogP contribution in [0.5, 0.6) is 5.75 Å². The molecule has 3 aromatic carbocycles.